The Hall–Kier alpha value is -2.76. The summed E-state index contributed by atoms with van der Waals surface area (Å²) in [5, 5.41) is 9.72. The first kappa shape index (κ1) is 16.7. The van der Waals surface area contributed by atoms with Gasteiger partial charge in [-0.2, -0.15) is 0 Å². The highest BCUT2D eigenvalue weighted by molar-refractivity contribution is 6.19. The van der Waals surface area contributed by atoms with Gasteiger partial charge in [-0.05, 0) is 48.9 Å². The first-order valence-electron chi connectivity index (χ1n) is 8.05. The van der Waals surface area contributed by atoms with Gasteiger partial charge in [-0.3, -0.25) is 9.38 Å². The van der Waals surface area contributed by atoms with Crippen LogP contribution in [0.3, 0.4) is 0 Å². The van der Waals surface area contributed by atoms with Crippen LogP contribution in [0.2, 0.25) is 0 Å². The molecule has 3 heterocycles. The fraction of sp³-hybridized carbons (Fsp3) is 0.100. The van der Waals surface area contributed by atoms with E-state index in [0.717, 1.165) is 22.4 Å². The summed E-state index contributed by atoms with van der Waals surface area (Å²) in [4.78, 5) is 8.74. The monoisotopic (exact) mass is 367 g/mol. The van der Waals surface area contributed by atoms with E-state index in [1.165, 1.54) is 6.07 Å². The van der Waals surface area contributed by atoms with E-state index < -0.39 is 5.56 Å². The molecule has 0 radical (unpaired) electrons. The maximum absolute atomic E-state index is 13.6. The summed E-state index contributed by atoms with van der Waals surface area (Å²) in [6.07, 6.45) is 5.12. The predicted octanol–water partition coefficient (Wildman–Crippen LogP) is 4.74. The van der Waals surface area contributed by atoms with Gasteiger partial charge in [-0.15, -0.1) is 0 Å². The molecule has 0 spiro atoms. The molecule has 4 aromatic rings. The lowest BCUT2D eigenvalue weighted by atomic mass is 9.99. The zero-order valence-corrected chi connectivity index (χ0v) is 14.7. The van der Waals surface area contributed by atoms with E-state index >= 15 is 0 Å². The Morgan fingerprint density at radius 1 is 1.12 bits per heavy atom. The molecule has 1 aromatic carbocycles. The molecule has 26 heavy (non-hydrogen) atoms. The SMILES string of the molecule is Cc1cc(-c2ncccc2-c2ccc3ncc([C@@H](O)Cl)n3c2)ccc1F. The molecule has 0 aliphatic rings. The quantitative estimate of drug-likeness (QED) is 0.532. The van der Waals surface area contributed by atoms with E-state index in [9.17, 15) is 9.50 Å². The van der Waals surface area contributed by atoms with E-state index in [1.807, 2.05) is 30.5 Å². The van der Waals surface area contributed by atoms with Gasteiger partial charge in [0.1, 0.15) is 11.5 Å². The second kappa shape index (κ2) is 6.52. The van der Waals surface area contributed by atoms with Crippen molar-refractivity contribution in [2.45, 2.75) is 12.5 Å². The summed E-state index contributed by atoms with van der Waals surface area (Å²) >= 11 is 5.83. The number of nitrogens with zero attached hydrogens (tertiary/aromatic N) is 3. The van der Waals surface area contributed by atoms with E-state index in [2.05, 4.69) is 9.97 Å². The van der Waals surface area contributed by atoms with Crippen molar-refractivity contribution in [3.8, 4) is 22.4 Å². The molecule has 4 rings (SSSR count). The van der Waals surface area contributed by atoms with Crippen LogP contribution in [0.25, 0.3) is 28.0 Å². The van der Waals surface area contributed by atoms with Crippen molar-refractivity contribution in [1.29, 1.82) is 0 Å². The third kappa shape index (κ3) is 2.85. The zero-order chi connectivity index (χ0) is 18.3. The molecule has 6 heteroatoms. The standard InChI is InChI=1S/C20H15ClFN3O/c1-12-9-13(4-6-16(12)22)19-15(3-2-8-23-19)14-5-7-18-24-10-17(20(21)26)25(18)11-14/h2-11,20,26H,1H3/t20-/m1/s1. The van der Waals surface area contributed by atoms with Crippen LogP contribution in [0.15, 0.2) is 61.1 Å². The molecule has 130 valence electrons. The average Bonchev–Trinajstić information content (AvgIpc) is 3.07. The first-order valence-corrected chi connectivity index (χ1v) is 8.49. The van der Waals surface area contributed by atoms with Crippen molar-refractivity contribution in [3.63, 3.8) is 0 Å². The number of rotatable bonds is 3. The summed E-state index contributed by atoms with van der Waals surface area (Å²) in [7, 11) is 0. The van der Waals surface area contributed by atoms with Crippen LogP contribution in [-0.2, 0) is 0 Å². The Bertz CT molecular complexity index is 1110. The normalized spacial score (nSPS) is 12.5. The highest BCUT2D eigenvalue weighted by atomic mass is 35.5. The van der Waals surface area contributed by atoms with Crippen LogP contribution in [0.5, 0.6) is 0 Å². The minimum atomic E-state index is -1.15. The second-order valence-electron chi connectivity index (χ2n) is 6.03. The van der Waals surface area contributed by atoms with Crippen molar-refractivity contribution < 1.29 is 9.50 Å². The van der Waals surface area contributed by atoms with E-state index in [1.54, 1.807) is 35.9 Å². The van der Waals surface area contributed by atoms with Gasteiger partial charge in [0.2, 0.25) is 0 Å². The van der Waals surface area contributed by atoms with Gasteiger partial charge in [0.25, 0.3) is 0 Å². The number of aryl methyl sites for hydroxylation is 1. The number of hydrogen-bond donors (Lipinski definition) is 1. The molecule has 0 saturated carbocycles. The van der Waals surface area contributed by atoms with Gasteiger partial charge in [-0.25, -0.2) is 9.37 Å². The number of benzene rings is 1. The number of fused-ring (bicyclic) bond motifs is 1. The highest BCUT2D eigenvalue weighted by Crippen LogP contribution is 2.32. The van der Waals surface area contributed by atoms with Crippen LogP contribution in [0.4, 0.5) is 4.39 Å². The molecule has 0 aliphatic heterocycles. The largest absolute Gasteiger partial charge is 0.372 e. The van der Waals surface area contributed by atoms with Crippen molar-refractivity contribution in [1.82, 2.24) is 14.4 Å². The minimum Gasteiger partial charge on any atom is -0.372 e. The molecular weight excluding hydrogens is 353 g/mol. The van der Waals surface area contributed by atoms with Crippen LogP contribution in [0.1, 0.15) is 16.8 Å². The number of alkyl halides is 1. The Kier molecular flexibility index (Phi) is 4.18. The van der Waals surface area contributed by atoms with Gasteiger partial charge >= 0.3 is 0 Å². The molecule has 0 bridgehead atoms. The third-order valence-corrected chi connectivity index (χ3v) is 4.55. The van der Waals surface area contributed by atoms with E-state index in [0.29, 0.717) is 16.9 Å². The van der Waals surface area contributed by atoms with Crippen LogP contribution < -0.4 is 0 Å². The van der Waals surface area contributed by atoms with Crippen molar-refractivity contribution in [2.24, 2.45) is 0 Å². The number of halogens is 2. The molecule has 1 N–H and O–H groups in total. The Labute approximate surface area is 154 Å². The molecule has 3 aromatic heterocycles. The minimum absolute atomic E-state index is 0.244. The van der Waals surface area contributed by atoms with Gasteiger partial charge in [0, 0.05) is 29.1 Å². The molecule has 0 fully saturated rings. The fourth-order valence-electron chi connectivity index (χ4n) is 3.00. The van der Waals surface area contributed by atoms with Crippen LogP contribution >= 0.6 is 11.6 Å². The van der Waals surface area contributed by atoms with Crippen molar-refractivity contribution >= 4 is 17.2 Å². The average molecular weight is 368 g/mol. The smallest absolute Gasteiger partial charge is 0.170 e. The zero-order valence-electron chi connectivity index (χ0n) is 13.9. The van der Waals surface area contributed by atoms with Crippen LogP contribution in [0, 0.1) is 12.7 Å². The Morgan fingerprint density at radius 3 is 2.69 bits per heavy atom. The third-order valence-electron chi connectivity index (χ3n) is 4.33. The summed E-state index contributed by atoms with van der Waals surface area (Å²) in [5.41, 5.74) is 3.97. The predicted molar refractivity (Wildman–Crippen MR) is 99.4 cm³/mol. The highest BCUT2D eigenvalue weighted by Gasteiger charge is 2.14. The number of aromatic nitrogens is 3. The van der Waals surface area contributed by atoms with Gasteiger partial charge in [0.05, 0.1) is 17.6 Å². The van der Waals surface area contributed by atoms with Gasteiger partial charge < -0.3 is 5.11 Å². The molecule has 0 saturated heterocycles. The number of hydrogen-bond acceptors (Lipinski definition) is 3. The summed E-state index contributed by atoms with van der Waals surface area (Å²) < 4.78 is 15.4. The number of aliphatic hydroxyl groups excluding tert-OH is 1. The van der Waals surface area contributed by atoms with E-state index in [4.69, 9.17) is 11.6 Å². The van der Waals surface area contributed by atoms with Crippen LogP contribution in [-0.4, -0.2) is 19.5 Å². The fourth-order valence-corrected chi connectivity index (χ4v) is 3.16. The number of pyridine rings is 2. The molecular formula is C20H15ClFN3O. The van der Waals surface area contributed by atoms with Gasteiger partial charge in [0.15, 0.2) is 5.56 Å². The summed E-state index contributed by atoms with van der Waals surface area (Å²) in [5.74, 6) is -0.244. The maximum Gasteiger partial charge on any atom is 0.170 e. The topological polar surface area (TPSA) is 50.4 Å². The van der Waals surface area contributed by atoms with E-state index in [-0.39, 0.29) is 5.82 Å². The maximum atomic E-state index is 13.6. The van der Waals surface area contributed by atoms with Gasteiger partial charge in [-0.1, -0.05) is 17.7 Å². The second-order valence-corrected chi connectivity index (χ2v) is 6.44. The Balaban J connectivity index is 1.90. The first-order chi connectivity index (χ1) is 12.5. The number of aliphatic hydroxyl groups is 1. The molecule has 4 nitrogen and oxygen atoms in total. The lowest BCUT2D eigenvalue weighted by Gasteiger charge is -2.11. The lowest BCUT2D eigenvalue weighted by molar-refractivity contribution is 0.257. The van der Waals surface area contributed by atoms with Crippen molar-refractivity contribution in [2.75, 3.05) is 0 Å². The van der Waals surface area contributed by atoms with Crippen molar-refractivity contribution in [3.05, 3.63) is 78.1 Å². The lowest BCUT2D eigenvalue weighted by Crippen LogP contribution is -1.97. The molecule has 0 amide bonds. The summed E-state index contributed by atoms with van der Waals surface area (Å²) in [6.45, 7) is 1.73. The molecule has 0 unspecified atom stereocenters. The molecule has 1 atom stereocenters. The number of imidazole rings is 1. The Morgan fingerprint density at radius 2 is 1.92 bits per heavy atom. The summed E-state index contributed by atoms with van der Waals surface area (Å²) in [6, 6.07) is 12.5. The molecule has 0 aliphatic carbocycles.